The van der Waals surface area contributed by atoms with Gasteiger partial charge in [-0.05, 0) is 33.1 Å². The predicted molar refractivity (Wildman–Crippen MR) is 86.8 cm³/mol. The van der Waals surface area contributed by atoms with Crippen molar-refractivity contribution >= 4 is 5.91 Å². The van der Waals surface area contributed by atoms with Gasteiger partial charge in [0.1, 0.15) is 0 Å². The summed E-state index contributed by atoms with van der Waals surface area (Å²) in [6, 6.07) is 0.713. The zero-order valence-corrected chi connectivity index (χ0v) is 14.1. The van der Waals surface area contributed by atoms with Crippen LogP contribution >= 0.6 is 0 Å². The minimum absolute atomic E-state index is 0.183. The number of likely N-dealkylation sites (tertiary alicyclic amines) is 1. The Morgan fingerprint density at radius 2 is 2.00 bits per heavy atom. The average molecular weight is 310 g/mol. The Kier molecular flexibility index (Phi) is 6.86. The Hall–Kier alpha value is -0.910. The number of piperidine rings is 1. The summed E-state index contributed by atoms with van der Waals surface area (Å²) in [6.07, 6.45) is 5.31. The number of carbonyl (C=O) groups is 1. The van der Waals surface area contributed by atoms with Crippen LogP contribution in [0.2, 0.25) is 0 Å². The molecule has 0 unspecified atom stereocenters. The van der Waals surface area contributed by atoms with Crippen LogP contribution in [0.15, 0.2) is 11.6 Å². The summed E-state index contributed by atoms with van der Waals surface area (Å²) >= 11 is 0. The average Bonchev–Trinajstić information content (AvgIpc) is 2.49. The highest BCUT2D eigenvalue weighted by Gasteiger charge is 2.30. The summed E-state index contributed by atoms with van der Waals surface area (Å²) in [5, 5.41) is 3.70. The van der Waals surface area contributed by atoms with Crippen molar-refractivity contribution in [3.63, 3.8) is 0 Å². The fourth-order valence-corrected chi connectivity index (χ4v) is 3.08. The van der Waals surface area contributed by atoms with Gasteiger partial charge in [0.25, 0.3) is 0 Å². The van der Waals surface area contributed by atoms with Crippen molar-refractivity contribution in [3.8, 4) is 0 Å². The Morgan fingerprint density at radius 3 is 2.64 bits per heavy atom. The molecule has 1 amide bonds. The van der Waals surface area contributed by atoms with Crippen molar-refractivity contribution in [2.45, 2.75) is 58.2 Å². The maximum absolute atomic E-state index is 11.4. The van der Waals surface area contributed by atoms with Crippen molar-refractivity contribution in [3.05, 3.63) is 11.6 Å². The fourth-order valence-electron chi connectivity index (χ4n) is 3.08. The molecule has 5 heteroatoms. The molecular formula is C17H30N2O3. The summed E-state index contributed by atoms with van der Waals surface area (Å²) < 4.78 is 11.6. The smallest absolute Gasteiger partial charge is 0.219 e. The normalized spacial score (nSPS) is 26.8. The second-order valence-electron chi connectivity index (χ2n) is 6.57. The van der Waals surface area contributed by atoms with E-state index in [0.29, 0.717) is 19.3 Å². The maximum Gasteiger partial charge on any atom is 0.219 e. The standard InChI is InChI=1S/C17H30N2O3/c1-13(2)6-11-22-17-7-10-21-12-16(17)18-15-4-8-19(9-5-15)14(3)20/h6,15-18H,4-5,7-12H2,1-3H3/t16-,17+/m0/s1. The van der Waals surface area contributed by atoms with Crippen LogP contribution in [-0.2, 0) is 14.3 Å². The minimum atomic E-state index is 0.183. The van der Waals surface area contributed by atoms with Crippen molar-refractivity contribution in [1.29, 1.82) is 0 Å². The van der Waals surface area contributed by atoms with Gasteiger partial charge in [-0.25, -0.2) is 0 Å². The van der Waals surface area contributed by atoms with Crippen LogP contribution < -0.4 is 5.32 Å². The lowest BCUT2D eigenvalue weighted by molar-refractivity contribution is -0.130. The van der Waals surface area contributed by atoms with E-state index in [1.165, 1.54) is 5.57 Å². The highest BCUT2D eigenvalue weighted by molar-refractivity contribution is 5.73. The molecule has 2 heterocycles. The molecule has 0 spiro atoms. The quantitative estimate of drug-likeness (QED) is 0.786. The van der Waals surface area contributed by atoms with Crippen molar-refractivity contribution in [1.82, 2.24) is 10.2 Å². The van der Waals surface area contributed by atoms with Gasteiger partial charge >= 0.3 is 0 Å². The molecule has 0 aromatic rings. The number of hydrogen-bond donors (Lipinski definition) is 1. The maximum atomic E-state index is 11.4. The first-order valence-corrected chi connectivity index (χ1v) is 8.40. The molecule has 126 valence electrons. The predicted octanol–water partition coefficient (Wildman–Crippen LogP) is 1.73. The molecule has 2 aliphatic heterocycles. The summed E-state index contributed by atoms with van der Waals surface area (Å²) in [5.41, 5.74) is 1.29. The van der Waals surface area contributed by atoms with E-state index >= 15 is 0 Å². The topological polar surface area (TPSA) is 50.8 Å². The number of amides is 1. The first-order valence-electron chi connectivity index (χ1n) is 8.40. The second-order valence-corrected chi connectivity index (χ2v) is 6.57. The van der Waals surface area contributed by atoms with Crippen LogP contribution in [0.3, 0.4) is 0 Å². The number of nitrogens with one attached hydrogen (secondary N) is 1. The van der Waals surface area contributed by atoms with E-state index in [9.17, 15) is 4.79 Å². The molecule has 2 rings (SSSR count). The number of allylic oxidation sites excluding steroid dienone is 1. The molecule has 2 aliphatic rings. The number of ether oxygens (including phenoxy) is 2. The highest BCUT2D eigenvalue weighted by Crippen LogP contribution is 2.17. The summed E-state index contributed by atoms with van der Waals surface area (Å²) in [7, 11) is 0. The number of rotatable bonds is 5. The third-order valence-electron chi connectivity index (χ3n) is 4.48. The van der Waals surface area contributed by atoms with Crippen molar-refractivity contribution in [2.75, 3.05) is 32.9 Å². The molecule has 2 atom stereocenters. The van der Waals surface area contributed by atoms with E-state index in [0.717, 1.165) is 39.0 Å². The first kappa shape index (κ1) is 17.4. The molecule has 2 saturated heterocycles. The highest BCUT2D eigenvalue weighted by atomic mass is 16.5. The number of nitrogens with zero attached hydrogens (tertiary/aromatic N) is 1. The van der Waals surface area contributed by atoms with E-state index in [2.05, 4.69) is 25.2 Å². The van der Waals surface area contributed by atoms with Gasteiger partial charge < -0.3 is 19.7 Å². The van der Waals surface area contributed by atoms with Gasteiger partial charge in [0, 0.05) is 32.7 Å². The molecule has 5 nitrogen and oxygen atoms in total. The largest absolute Gasteiger partial charge is 0.380 e. The monoisotopic (exact) mass is 310 g/mol. The van der Waals surface area contributed by atoms with Crippen molar-refractivity contribution in [2.24, 2.45) is 0 Å². The molecular weight excluding hydrogens is 280 g/mol. The Labute approximate surface area is 134 Å². The summed E-state index contributed by atoms with van der Waals surface area (Å²) in [6.45, 7) is 9.70. The van der Waals surface area contributed by atoms with Gasteiger partial charge in [-0.1, -0.05) is 11.6 Å². The van der Waals surface area contributed by atoms with E-state index in [-0.39, 0.29) is 18.1 Å². The van der Waals surface area contributed by atoms with Crippen LogP contribution in [-0.4, -0.2) is 61.9 Å². The van der Waals surface area contributed by atoms with Crippen LogP contribution in [0.5, 0.6) is 0 Å². The van der Waals surface area contributed by atoms with E-state index < -0.39 is 0 Å². The van der Waals surface area contributed by atoms with Gasteiger partial charge in [-0.3, -0.25) is 4.79 Å². The van der Waals surface area contributed by atoms with Crippen LogP contribution in [0.4, 0.5) is 0 Å². The Bertz CT molecular complexity index is 385. The molecule has 0 aliphatic carbocycles. The summed E-state index contributed by atoms with van der Waals surface area (Å²) in [4.78, 5) is 13.3. The molecule has 0 aromatic carbocycles. The lowest BCUT2D eigenvalue weighted by Gasteiger charge is -2.38. The lowest BCUT2D eigenvalue weighted by Crippen LogP contribution is -2.54. The van der Waals surface area contributed by atoms with Gasteiger partial charge in [0.05, 0.1) is 25.4 Å². The lowest BCUT2D eigenvalue weighted by atomic mass is 10.0. The van der Waals surface area contributed by atoms with E-state index in [4.69, 9.17) is 9.47 Å². The number of carbonyl (C=O) groups excluding carboxylic acids is 1. The second kappa shape index (κ2) is 8.65. The summed E-state index contributed by atoms with van der Waals surface area (Å²) in [5.74, 6) is 0.183. The van der Waals surface area contributed by atoms with Crippen LogP contribution in [0, 0.1) is 0 Å². The van der Waals surface area contributed by atoms with E-state index in [1.807, 2.05) is 4.90 Å². The van der Waals surface area contributed by atoms with Crippen LogP contribution in [0.25, 0.3) is 0 Å². The molecule has 1 N–H and O–H groups in total. The first-order chi connectivity index (χ1) is 10.6. The molecule has 0 radical (unpaired) electrons. The zero-order chi connectivity index (χ0) is 15.9. The fraction of sp³-hybridized carbons (Fsp3) is 0.824. The SMILES string of the molecule is CC(=O)N1CCC(N[C@H]2COCC[C@H]2OCC=C(C)C)CC1. The van der Waals surface area contributed by atoms with Gasteiger partial charge in [-0.2, -0.15) is 0 Å². The zero-order valence-electron chi connectivity index (χ0n) is 14.1. The van der Waals surface area contributed by atoms with Crippen LogP contribution in [0.1, 0.15) is 40.0 Å². The van der Waals surface area contributed by atoms with Gasteiger partial charge in [0.15, 0.2) is 0 Å². The van der Waals surface area contributed by atoms with Gasteiger partial charge in [0.2, 0.25) is 5.91 Å². The molecule has 0 saturated carbocycles. The van der Waals surface area contributed by atoms with Gasteiger partial charge in [-0.15, -0.1) is 0 Å². The minimum Gasteiger partial charge on any atom is -0.380 e. The Balaban J connectivity index is 1.79. The molecule has 2 fully saturated rings. The third kappa shape index (κ3) is 5.38. The van der Waals surface area contributed by atoms with E-state index in [1.54, 1.807) is 6.92 Å². The third-order valence-corrected chi connectivity index (χ3v) is 4.48. The number of hydrogen-bond acceptors (Lipinski definition) is 4. The molecule has 0 aromatic heterocycles. The Morgan fingerprint density at radius 1 is 1.27 bits per heavy atom. The van der Waals surface area contributed by atoms with Crippen molar-refractivity contribution < 1.29 is 14.3 Å². The molecule has 22 heavy (non-hydrogen) atoms. The molecule has 0 bridgehead atoms.